The van der Waals surface area contributed by atoms with Gasteiger partial charge < -0.3 is 15.4 Å². The molecule has 15 heavy (non-hydrogen) atoms. The van der Waals surface area contributed by atoms with Gasteiger partial charge in [0.15, 0.2) is 0 Å². The van der Waals surface area contributed by atoms with E-state index < -0.39 is 0 Å². The second-order valence-corrected chi connectivity index (χ2v) is 3.80. The summed E-state index contributed by atoms with van der Waals surface area (Å²) in [6, 6.07) is 7.17. The lowest BCUT2D eigenvalue weighted by atomic mass is 10.3. The summed E-state index contributed by atoms with van der Waals surface area (Å²) in [6.45, 7) is 1.00. The first-order chi connectivity index (χ1) is 7.22. The number of carbonyl (C=O) groups is 1. The van der Waals surface area contributed by atoms with Crippen LogP contribution in [0.3, 0.4) is 0 Å². The Kier molecular flexibility index (Phi) is 5.14. The van der Waals surface area contributed by atoms with Crippen molar-refractivity contribution in [1.82, 2.24) is 5.32 Å². The van der Waals surface area contributed by atoms with E-state index >= 15 is 0 Å². The minimum Gasteiger partial charge on any atom is -0.383 e. The lowest BCUT2D eigenvalue weighted by Gasteiger charge is -2.07. The topological polar surface area (TPSA) is 50.4 Å². The van der Waals surface area contributed by atoms with Gasteiger partial charge in [-0.2, -0.15) is 0 Å². The molecule has 1 aromatic carbocycles. The number of anilines is 1. The first-order valence-corrected chi connectivity index (χ1v) is 5.31. The Morgan fingerprint density at radius 1 is 1.53 bits per heavy atom. The molecule has 82 valence electrons. The van der Waals surface area contributed by atoms with Gasteiger partial charge in [-0.15, -0.1) is 0 Å². The fraction of sp³-hybridized carbons (Fsp3) is 0.300. The van der Waals surface area contributed by atoms with Gasteiger partial charge in [0.05, 0.1) is 6.61 Å². The number of nitrogens with one attached hydrogen (secondary N) is 2. The molecule has 2 amide bonds. The Morgan fingerprint density at radius 3 is 3.00 bits per heavy atom. The maximum absolute atomic E-state index is 11.3. The molecule has 0 radical (unpaired) electrons. The Morgan fingerprint density at radius 2 is 2.33 bits per heavy atom. The number of benzene rings is 1. The van der Waals surface area contributed by atoms with Crippen molar-refractivity contribution in [3.8, 4) is 0 Å². The first kappa shape index (κ1) is 12.0. The van der Waals surface area contributed by atoms with Crippen LogP contribution in [0.4, 0.5) is 10.5 Å². The average Bonchev–Trinajstić information content (AvgIpc) is 2.18. The molecule has 0 atom stereocenters. The molecule has 2 N–H and O–H groups in total. The van der Waals surface area contributed by atoms with Crippen LogP contribution in [0.25, 0.3) is 0 Å². The van der Waals surface area contributed by atoms with Gasteiger partial charge in [-0.3, -0.25) is 0 Å². The standard InChI is InChI=1S/C10H13BrN2O2/c1-15-6-5-12-10(14)13-9-4-2-3-8(11)7-9/h2-4,7H,5-6H2,1H3,(H2,12,13,14). The zero-order chi connectivity index (χ0) is 11.1. The summed E-state index contributed by atoms with van der Waals surface area (Å²) in [5.41, 5.74) is 0.749. The van der Waals surface area contributed by atoms with Gasteiger partial charge in [0.25, 0.3) is 0 Å². The van der Waals surface area contributed by atoms with Gasteiger partial charge in [0.2, 0.25) is 0 Å². The van der Waals surface area contributed by atoms with E-state index in [0.717, 1.165) is 10.2 Å². The van der Waals surface area contributed by atoms with E-state index in [-0.39, 0.29) is 6.03 Å². The molecule has 1 aromatic rings. The summed E-state index contributed by atoms with van der Waals surface area (Å²) in [6.07, 6.45) is 0. The van der Waals surface area contributed by atoms with Crippen LogP contribution in [-0.4, -0.2) is 26.3 Å². The van der Waals surface area contributed by atoms with Crippen LogP contribution in [0.5, 0.6) is 0 Å². The molecular weight excluding hydrogens is 260 g/mol. The van der Waals surface area contributed by atoms with Crippen molar-refractivity contribution >= 4 is 27.6 Å². The highest BCUT2D eigenvalue weighted by atomic mass is 79.9. The van der Waals surface area contributed by atoms with Gasteiger partial charge >= 0.3 is 6.03 Å². The molecule has 4 nitrogen and oxygen atoms in total. The summed E-state index contributed by atoms with van der Waals surface area (Å²) in [7, 11) is 1.59. The molecule has 0 saturated carbocycles. The van der Waals surface area contributed by atoms with Crippen molar-refractivity contribution in [2.45, 2.75) is 0 Å². The van der Waals surface area contributed by atoms with Crippen LogP contribution in [0, 0.1) is 0 Å². The minimum atomic E-state index is -0.231. The Balaban J connectivity index is 2.37. The third-order valence-corrected chi connectivity index (χ3v) is 2.17. The van der Waals surface area contributed by atoms with E-state index in [2.05, 4.69) is 26.6 Å². The van der Waals surface area contributed by atoms with E-state index in [0.29, 0.717) is 13.2 Å². The summed E-state index contributed by atoms with van der Waals surface area (Å²) in [4.78, 5) is 11.3. The van der Waals surface area contributed by atoms with Crippen LogP contribution in [0.1, 0.15) is 0 Å². The monoisotopic (exact) mass is 272 g/mol. The number of hydrogen-bond donors (Lipinski definition) is 2. The molecule has 0 heterocycles. The van der Waals surface area contributed by atoms with E-state index in [1.807, 2.05) is 24.3 Å². The largest absolute Gasteiger partial charge is 0.383 e. The molecule has 0 unspecified atom stereocenters. The highest BCUT2D eigenvalue weighted by Gasteiger charge is 2.00. The molecule has 0 spiro atoms. The zero-order valence-electron chi connectivity index (χ0n) is 8.42. The third kappa shape index (κ3) is 4.80. The zero-order valence-corrected chi connectivity index (χ0v) is 10.0. The molecule has 0 aliphatic heterocycles. The number of ether oxygens (including phenoxy) is 1. The molecule has 0 aliphatic carbocycles. The van der Waals surface area contributed by atoms with Gasteiger partial charge in [0, 0.05) is 23.8 Å². The van der Waals surface area contributed by atoms with E-state index in [1.165, 1.54) is 0 Å². The van der Waals surface area contributed by atoms with Crippen LogP contribution in [-0.2, 0) is 4.74 Å². The van der Waals surface area contributed by atoms with Crippen molar-refractivity contribution in [3.63, 3.8) is 0 Å². The Hall–Kier alpha value is -1.07. The molecule has 0 bridgehead atoms. The number of hydrogen-bond acceptors (Lipinski definition) is 2. The van der Waals surface area contributed by atoms with E-state index in [9.17, 15) is 4.79 Å². The van der Waals surface area contributed by atoms with E-state index in [1.54, 1.807) is 7.11 Å². The van der Waals surface area contributed by atoms with Crippen LogP contribution < -0.4 is 10.6 Å². The molecular formula is C10H13BrN2O2. The quantitative estimate of drug-likeness (QED) is 0.826. The number of halogens is 1. The predicted octanol–water partition coefficient (Wildman–Crippen LogP) is 2.22. The van der Waals surface area contributed by atoms with Crippen molar-refractivity contribution in [1.29, 1.82) is 0 Å². The van der Waals surface area contributed by atoms with Gasteiger partial charge in [0.1, 0.15) is 0 Å². The molecule has 0 aromatic heterocycles. The van der Waals surface area contributed by atoms with E-state index in [4.69, 9.17) is 4.74 Å². The van der Waals surface area contributed by atoms with Crippen LogP contribution in [0.2, 0.25) is 0 Å². The lowest BCUT2D eigenvalue weighted by Crippen LogP contribution is -2.31. The number of carbonyl (C=O) groups excluding carboxylic acids is 1. The number of rotatable bonds is 4. The number of amides is 2. The number of methoxy groups -OCH3 is 1. The molecule has 0 fully saturated rings. The van der Waals surface area contributed by atoms with Gasteiger partial charge in [-0.05, 0) is 18.2 Å². The number of urea groups is 1. The SMILES string of the molecule is COCCNC(=O)Nc1cccc(Br)c1. The summed E-state index contributed by atoms with van der Waals surface area (Å²) in [5, 5.41) is 5.37. The summed E-state index contributed by atoms with van der Waals surface area (Å²) < 4.78 is 5.74. The lowest BCUT2D eigenvalue weighted by molar-refractivity contribution is 0.198. The highest BCUT2D eigenvalue weighted by Crippen LogP contribution is 2.15. The van der Waals surface area contributed by atoms with Gasteiger partial charge in [-0.1, -0.05) is 22.0 Å². The average molecular weight is 273 g/mol. The van der Waals surface area contributed by atoms with Crippen molar-refractivity contribution in [3.05, 3.63) is 28.7 Å². The molecule has 0 saturated heterocycles. The second kappa shape index (κ2) is 6.42. The molecule has 1 rings (SSSR count). The minimum absolute atomic E-state index is 0.231. The third-order valence-electron chi connectivity index (χ3n) is 1.67. The fourth-order valence-electron chi connectivity index (χ4n) is 1.01. The second-order valence-electron chi connectivity index (χ2n) is 2.88. The van der Waals surface area contributed by atoms with Gasteiger partial charge in [-0.25, -0.2) is 4.79 Å². The van der Waals surface area contributed by atoms with Crippen molar-refractivity contribution in [2.75, 3.05) is 25.6 Å². The highest BCUT2D eigenvalue weighted by molar-refractivity contribution is 9.10. The summed E-state index contributed by atoms with van der Waals surface area (Å²) >= 11 is 3.32. The molecule has 0 aliphatic rings. The Bertz CT molecular complexity index is 331. The summed E-state index contributed by atoms with van der Waals surface area (Å²) in [5.74, 6) is 0. The van der Waals surface area contributed by atoms with Crippen molar-refractivity contribution < 1.29 is 9.53 Å². The van der Waals surface area contributed by atoms with Crippen molar-refractivity contribution in [2.24, 2.45) is 0 Å². The van der Waals surface area contributed by atoms with Crippen LogP contribution >= 0.6 is 15.9 Å². The maximum Gasteiger partial charge on any atom is 0.319 e. The van der Waals surface area contributed by atoms with Crippen LogP contribution in [0.15, 0.2) is 28.7 Å². The smallest absolute Gasteiger partial charge is 0.319 e. The fourth-order valence-corrected chi connectivity index (χ4v) is 1.41. The Labute approximate surface area is 97.1 Å². The molecule has 5 heteroatoms. The first-order valence-electron chi connectivity index (χ1n) is 4.51. The normalized spacial score (nSPS) is 9.73. The predicted molar refractivity (Wildman–Crippen MR) is 63.0 cm³/mol. The maximum atomic E-state index is 11.3.